The normalized spacial score (nSPS) is 11.6. The predicted molar refractivity (Wildman–Crippen MR) is 53.0 cm³/mol. The molecule has 0 aromatic carbocycles. The fourth-order valence-electron chi connectivity index (χ4n) is 0.781. The van der Waals surface area contributed by atoms with Crippen LogP contribution in [0.2, 0.25) is 0 Å². The molecule has 0 aromatic rings. The quantitative estimate of drug-likeness (QED) is 0.625. The van der Waals surface area contributed by atoms with Gasteiger partial charge in [-0.05, 0) is 23.7 Å². The summed E-state index contributed by atoms with van der Waals surface area (Å²) in [7, 11) is 0. The number of ether oxygens (including phenoxy) is 1. The summed E-state index contributed by atoms with van der Waals surface area (Å²) in [5, 5.41) is 0. The van der Waals surface area contributed by atoms with Crippen molar-refractivity contribution in [2.45, 2.75) is 26.7 Å². The highest BCUT2D eigenvalue weighted by atomic mass is 79.9. The van der Waals surface area contributed by atoms with E-state index in [2.05, 4.69) is 29.8 Å². The molecular weight excluding hydrogens is 204 g/mol. The van der Waals surface area contributed by atoms with Crippen molar-refractivity contribution in [3.63, 3.8) is 0 Å². The minimum absolute atomic E-state index is 0.726. The zero-order valence-electron chi connectivity index (χ0n) is 7.35. The van der Waals surface area contributed by atoms with E-state index in [-0.39, 0.29) is 0 Å². The second kappa shape index (κ2) is 8.28. The second-order valence-corrected chi connectivity index (χ2v) is 3.50. The van der Waals surface area contributed by atoms with Crippen LogP contribution in [0.3, 0.4) is 0 Å². The van der Waals surface area contributed by atoms with Crippen LogP contribution in [0.1, 0.15) is 26.7 Å². The minimum atomic E-state index is 0.726. The first-order chi connectivity index (χ1) is 5.27. The van der Waals surface area contributed by atoms with Gasteiger partial charge in [0.25, 0.3) is 0 Å². The molecule has 0 aliphatic carbocycles. The van der Waals surface area contributed by atoms with E-state index < -0.39 is 0 Å². The Labute approximate surface area is 78.0 Å². The average molecular weight is 221 g/mol. The van der Waals surface area contributed by atoms with Crippen molar-refractivity contribution in [3.8, 4) is 0 Å². The maximum atomic E-state index is 5.31. The van der Waals surface area contributed by atoms with Gasteiger partial charge in [0.1, 0.15) is 0 Å². The number of rotatable bonds is 6. The fraction of sp³-hybridized carbons (Fsp3) is 0.778. The highest BCUT2D eigenvalue weighted by Crippen LogP contribution is 2.02. The molecule has 0 rings (SSSR count). The SMILES string of the molecule is CC(C)CCCOC/C=C/Br. The monoisotopic (exact) mass is 220 g/mol. The Kier molecular flexibility index (Phi) is 8.41. The van der Waals surface area contributed by atoms with Gasteiger partial charge in [-0.25, -0.2) is 0 Å². The van der Waals surface area contributed by atoms with Crippen LogP contribution in [-0.2, 0) is 4.74 Å². The molecule has 66 valence electrons. The Balaban J connectivity index is 2.91. The Morgan fingerprint density at radius 2 is 2.18 bits per heavy atom. The summed E-state index contributed by atoms with van der Waals surface area (Å²) in [5.41, 5.74) is 0. The number of hydrogen-bond donors (Lipinski definition) is 0. The van der Waals surface area contributed by atoms with Gasteiger partial charge in [0.15, 0.2) is 0 Å². The topological polar surface area (TPSA) is 9.23 Å². The van der Waals surface area contributed by atoms with Gasteiger partial charge < -0.3 is 4.74 Å². The van der Waals surface area contributed by atoms with Gasteiger partial charge in [0, 0.05) is 6.61 Å². The molecular formula is C9H17BrO. The number of halogens is 1. The van der Waals surface area contributed by atoms with Gasteiger partial charge in [-0.3, -0.25) is 0 Å². The van der Waals surface area contributed by atoms with Gasteiger partial charge >= 0.3 is 0 Å². The zero-order chi connectivity index (χ0) is 8.53. The van der Waals surface area contributed by atoms with E-state index in [4.69, 9.17) is 4.74 Å². The summed E-state index contributed by atoms with van der Waals surface area (Å²) in [4.78, 5) is 1.83. The third kappa shape index (κ3) is 10.2. The van der Waals surface area contributed by atoms with E-state index in [0.717, 1.165) is 19.1 Å². The lowest BCUT2D eigenvalue weighted by atomic mass is 10.1. The first-order valence-corrected chi connectivity index (χ1v) is 5.02. The molecule has 1 nitrogen and oxygen atoms in total. The Hall–Kier alpha value is 0.180. The Morgan fingerprint density at radius 1 is 1.45 bits per heavy atom. The molecule has 11 heavy (non-hydrogen) atoms. The maximum absolute atomic E-state index is 5.31. The van der Waals surface area contributed by atoms with Crippen molar-refractivity contribution < 1.29 is 4.74 Å². The lowest BCUT2D eigenvalue weighted by molar-refractivity contribution is 0.155. The molecule has 0 saturated heterocycles. The van der Waals surface area contributed by atoms with Crippen molar-refractivity contribution >= 4 is 15.9 Å². The molecule has 0 saturated carbocycles. The summed E-state index contributed by atoms with van der Waals surface area (Å²) in [6.07, 6.45) is 4.39. The number of hydrogen-bond acceptors (Lipinski definition) is 1. The molecule has 0 aliphatic rings. The first-order valence-electron chi connectivity index (χ1n) is 4.10. The van der Waals surface area contributed by atoms with Gasteiger partial charge in [0.05, 0.1) is 6.61 Å². The van der Waals surface area contributed by atoms with Crippen LogP contribution in [0.15, 0.2) is 11.1 Å². The summed E-state index contributed by atoms with van der Waals surface area (Å²) in [6.45, 7) is 6.08. The van der Waals surface area contributed by atoms with Crippen molar-refractivity contribution in [2.24, 2.45) is 5.92 Å². The molecule has 0 N–H and O–H groups in total. The van der Waals surface area contributed by atoms with Crippen LogP contribution in [0, 0.1) is 5.92 Å². The van der Waals surface area contributed by atoms with Gasteiger partial charge in [-0.15, -0.1) is 0 Å². The lowest BCUT2D eigenvalue weighted by Crippen LogP contribution is -1.96. The molecule has 0 aromatic heterocycles. The van der Waals surface area contributed by atoms with Gasteiger partial charge in [-0.2, -0.15) is 0 Å². The highest BCUT2D eigenvalue weighted by molar-refractivity contribution is 9.11. The molecule has 0 fully saturated rings. The molecule has 0 unspecified atom stereocenters. The summed E-state index contributed by atoms with van der Waals surface area (Å²) in [6, 6.07) is 0. The Morgan fingerprint density at radius 3 is 2.73 bits per heavy atom. The molecule has 0 radical (unpaired) electrons. The summed E-state index contributed by atoms with van der Waals surface area (Å²) >= 11 is 3.18. The Bertz CT molecular complexity index is 99.7. The predicted octanol–water partition coefficient (Wildman–Crippen LogP) is 3.35. The van der Waals surface area contributed by atoms with Crippen molar-refractivity contribution in [1.82, 2.24) is 0 Å². The fourth-order valence-corrected chi connectivity index (χ4v) is 0.934. The van der Waals surface area contributed by atoms with Gasteiger partial charge in [-0.1, -0.05) is 35.9 Å². The highest BCUT2D eigenvalue weighted by Gasteiger charge is 1.92. The standard InChI is InChI=1S/C9H17BrO/c1-9(2)5-3-7-11-8-4-6-10/h4,6,9H,3,5,7-8H2,1-2H3/b6-4+. The first kappa shape index (κ1) is 11.2. The second-order valence-electron chi connectivity index (χ2n) is 2.97. The van der Waals surface area contributed by atoms with Crippen LogP contribution in [0.4, 0.5) is 0 Å². The molecule has 0 atom stereocenters. The van der Waals surface area contributed by atoms with E-state index in [1.165, 1.54) is 12.8 Å². The molecule has 0 aliphatic heterocycles. The minimum Gasteiger partial charge on any atom is -0.377 e. The van der Waals surface area contributed by atoms with E-state index in [0.29, 0.717) is 0 Å². The maximum Gasteiger partial charge on any atom is 0.0655 e. The largest absolute Gasteiger partial charge is 0.377 e. The summed E-state index contributed by atoms with van der Waals surface area (Å²) < 4.78 is 5.31. The molecule has 0 heterocycles. The van der Waals surface area contributed by atoms with E-state index in [1.807, 2.05) is 11.1 Å². The third-order valence-corrected chi connectivity index (χ3v) is 1.75. The lowest BCUT2D eigenvalue weighted by Gasteiger charge is -2.03. The van der Waals surface area contributed by atoms with Crippen LogP contribution in [-0.4, -0.2) is 13.2 Å². The zero-order valence-corrected chi connectivity index (χ0v) is 8.93. The van der Waals surface area contributed by atoms with Crippen LogP contribution in [0.25, 0.3) is 0 Å². The van der Waals surface area contributed by atoms with Crippen molar-refractivity contribution in [1.29, 1.82) is 0 Å². The summed E-state index contributed by atoms with van der Waals surface area (Å²) in [5.74, 6) is 0.797. The third-order valence-electron chi connectivity index (χ3n) is 1.37. The van der Waals surface area contributed by atoms with Crippen LogP contribution in [0.5, 0.6) is 0 Å². The van der Waals surface area contributed by atoms with Crippen LogP contribution < -0.4 is 0 Å². The van der Waals surface area contributed by atoms with E-state index >= 15 is 0 Å². The molecule has 0 bridgehead atoms. The van der Waals surface area contributed by atoms with Crippen LogP contribution >= 0.6 is 15.9 Å². The molecule has 0 amide bonds. The molecule has 2 heteroatoms. The van der Waals surface area contributed by atoms with E-state index in [1.54, 1.807) is 0 Å². The van der Waals surface area contributed by atoms with Crippen molar-refractivity contribution in [2.75, 3.05) is 13.2 Å². The van der Waals surface area contributed by atoms with Gasteiger partial charge in [0.2, 0.25) is 0 Å². The van der Waals surface area contributed by atoms with E-state index in [9.17, 15) is 0 Å². The smallest absolute Gasteiger partial charge is 0.0655 e. The van der Waals surface area contributed by atoms with Crippen molar-refractivity contribution in [3.05, 3.63) is 11.1 Å². The average Bonchev–Trinajstić information content (AvgIpc) is 1.96. The molecule has 0 spiro atoms.